The van der Waals surface area contributed by atoms with E-state index < -0.39 is 0 Å². The monoisotopic (exact) mass is 281 g/mol. The maximum absolute atomic E-state index is 10.7. The Labute approximate surface area is 121 Å². The molecule has 0 bridgehead atoms. The van der Waals surface area contributed by atoms with E-state index in [-0.39, 0.29) is 17.4 Å². The highest BCUT2D eigenvalue weighted by Crippen LogP contribution is 2.48. The minimum atomic E-state index is -0.241. The molecule has 3 aliphatic rings. The van der Waals surface area contributed by atoms with Gasteiger partial charge in [-0.15, -0.1) is 0 Å². The number of nitrogens with zero attached hydrogens (tertiary/aromatic N) is 2. The summed E-state index contributed by atoms with van der Waals surface area (Å²) in [6.45, 7) is 2.24. The highest BCUT2D eigenvalue weighted by molar-refractivity contribution is 5.78. The molecule has 2 saturated carbocycles. The van der Waals surface area contributed by atoms with Crippen molar-refractivity contribution in [3.8, 4) is 0 Å². The van der Waals surface area contributed by atoms with Crippen LogP contribution in [0.2, 0.25) is 0 Å². The molecule has 2 unspecified atom stereocenters. The van der Waals surface area contributed by atoms with Crippen LogP contribution in [-0.2, 0) is 4.74 Å². The number of guanidine groups is 1. The fraction of sp³-hybridized carbons (Fsp3) is 0.933. The lowest BCUT2D eigenvalue weighted by molar-refractivity contribution is -0.0549. The van der Waals surface area contributed by atoms with Crippen LogP contribution in [0.25, 0.3) is 0 Å². The molecule has 3 rings (SSSR count). The summed E-state index contributed by atoms with van der Waals surface area (Å²) in [5.74, 6) is 0.895. The van der Waals surface area contributed by atoms with Gasteiger partial charge in [0.1, 0.15) is 0 Å². The van der Waals surface area contributed by atoms with Crippen LogP contribution in [0.4, 0.5) is 0 Å². The van der Waals surface area contributed by atoms with Gasteiger partial charge in [-0.25, -0.2) is 0 Å². The molecule has 0 aromatic rings. The normalized spacial score (nSPS) is 33.6. The van der Waals surface area contributed by atoms with Crippen LogP contribution in [0.15, 0.2) is 4.99 Å². The molecule has 5 heteroatoms. The molecule has 0 aromatic carbocycles. The first kappa shape index (κ1) is 14.1. The number of aliphatic hydroxyl groups is 1. The molecule has 1 aliphatic heterocycles. The van der Waals surface area contributed by atoms with Crippen LogP contribution >= 0.6 is 0 Å². The number of hydrogen-bond donors (Lipinski definition) is 2. The van der Waals surface area contributed by atoms with E-state index in [9.17, 15) is 5.11 Å². The Hall–Kier alpha value is -0.810. The largest absolute Gasteiger partial charge is 0.392 e. The summed E-state index contributed by atoms with van der Waals surface area (Å²) in [5, 5.41) is 10.7. The molecular formula is C15H27N3O2. The fourth-order valence-corrected chi connectivity index (χ4v) is 3.76. The highest BCUT2D eigenvalue weighted by Gasteiger charge is 2.48. The number of rotatable bonds is 3. The van der Waals surface area contributed by atoms with Gasteiger partial charge in [-0.05, 0) is 38.5 Å². The summed E-state index contributed by atoms with van der Waals surface area (Å²) in [5.41, 5.74) is 6.12. The predicted molar refractivity (Wildman–Crippen MR) is 78.5 cm³/mol. The fourth-order valence-electron chi connectivity index (χ4n) is 3.76. The molecule has 114 valence electrons. The van der Waals surface area contributed by atoms with E-state index >= 15 is 0 Å². The lowest BCUT2D eigenvalue weighted by Gasteiger charge is -2.37. The molecule has 3 N–H and O–H groups in total. The third-order valence-corrected chi connectivity index (χ3v) is 5.52. The van der Waals surface area contributed by atoms with E-state index in [2.05, 4.69) is 9.89 Å². The van der Waals surface area contributed by atoms with Crippen LogP contribution in [0.1, 0.15) is 38.5 Å². The molecule has 1 saturated heterocycles. The Morgan fingerprint density at radius 1 is 1.30 bits per heavy atom. The molecule has 3 fully saturated rings. The van der Waals surface area contributed by atoms with Crippen LogP contribution in [0, 0.1) is 11.3 Å². The Morgan fingerprint density at radius 3 is 2.65 bits per heavy atom. The van der Waals surface area contributed by atoms with Crippen molar-refractivity contribution < 1.29 is 9.84 Å². The van der Waals surface area contributed by atoms with Crippen molar-refractivity contribution in [3.63, 3.8) is 0 Å². The third-order valence-electron chi connectivity index (χ3n) is 5.52. The first-order chi connectivity index (χ1) is 9.62. The van der Waals surface area contributed by atoms with Gasteiger partial charge in [0.05, 0.1) is 6.10 Å². The minimum Gasteiger partial charge on any atom is -0.392 e. The molecule has 0 radical (unpaired) electrons. The number of aliphatic hydroxyl groups excluding tert-OH is 1. The lowest BCUT2D eigenvalue weighted by Crippen LogP contribution is -2.40. The molecule has 0 aromatic heterocycles. The Morgan fingerprint density at radius 2 is 2.00 bits per heavy atom. The van der Waals surface area contributed by atoms with Crippen LogP contribution < -0.4 is 5.73 Å². The van der Waals surface area contributed by atoms with E-state index in [0.717, 1.165) is 38.9 Å². The quantitative estimate of drug-likeness (QED) is 0.597. The standard InChI is InChI=1S/C15H27N3O2/c1-18(12-2-3-12)14(16)17-10-11-4-5-15(13(11)19)6-8-20-9-7-15/h11-13,19H,2-10H2,1H3,(H2,16,17). The maximum Gasteiger partial charge on any atom is 0.191 e. The SMILES string of the molecule is CN(C(N)=NCC1CCC2(CCOCC2)C1O)C1CC1. The molecule has 2 atom stereocenters. The van der Waals surface area contributed by atoms with E-state index in [4.69, 9.17) is 10.5 Å². The smallest absolute Gasteiger partial charge is 0.191 e. The van der Waals surface area contributed by atoms with Gasteiger partial charge in [0.25, 0.3) is 0 Å². The molecule has 1 spiro atoms. The molecule has 2 aliphatic carbocycles. The van der Waals surface area contributed by atoms with Crippen molar-refractivity contribution in [3.05, 3.63) is 0 Å². The topological polar surface area (TPSA) is 71.1 Å². The Bertz CT molecular complexity index is 375. The Kier molecular flexibility index (Phi) is 3.91. The van der Waals surface area contributed by atoms with E-state index in [1.807, 2.05) is 7.05 Å². The van der Waals surface area contributed by atoms with Gasteiger partial charge in [0.15, 0.2) is 5.96 Å². The van der Waals surface area contributed by atoms with Crippen molar-refractivity contribution >= 4 is 5.96 Å². The van der Waals surface area contributed by atoms with Gasteiger partial charge in [-0.3, -0.25) is 4.99 Å². The van der Waals surface area contributed by atoms with Gasteiger partial charge < -0.3 is 20.5 Å². The summed E-state index contributed by atoms with van der Waals surface area (Å²) in [4.78, 5) is 6.60. The van der Waals surface area contributed by atoms with Crippen LogP contribution in [0.3, 0.4) is 0 Å². The maximum atomic E-state index is 10.7. The van der Waals surface area contributed by atoms with Gasteiger partial charge >= 0.3 is 0 Å². The third kappa shape index (κ3) is 2.66. The summed E-state index contributed by atoms with van der Waals surface area (Å²) >= 11 is 0. The Balaban J connectivity index is 1.57. The average Bonchev–Trinajstić information content (AvgIpc) is 3.27. The van der Waals surface area contributed by atoms with Gasteiger partial charge in [0.2, 0.25) is 0 Å². The van der Waals surface area contributed by atoms with Crippen molar-refractivity contribution in [1.29, 1.82) is 0 Å². The van der Waals surface area contributed by atoms with E-state index in [1.54, 1.807) is 0 Å². The van der Waals surface area contributed by atoms with Crippen molar-refractivity contribution in [2.45, 2.75) is 50.7 Å². The van der Waals surface area contributed by atoms with Gasteiger partial charge in [0, 0.05) is 44.2 Å². The zero-order valence-corrected chi connectivity index (χ0v) is 12.4. The lowest BCUT2D eigenvalue weighted by atomic mass is 9.76. The molecule has 1 heterocycles. The van der Waals surface area contributed by atoms with Gasteiger partial charge in [-0.1, -0.05) is 0 Å². The summed E-state index contributed by atoms with van der Waals surface area (Å²) < 4.78 is 5.44. The molecule has 20 heavy (non-hydrogen) atoms. The van der Waals surface area contributed by atoms with Crippen LogP contribution in [0.5, 0.6) is 0 Å². The average molecular weight is 281 g/mol. The number of nitrogens with two attached hydrogens (primary N) is 1. The summed E-state index contributed by atoms with van der Waals surface area (Å²) in [6, 6.07) is 0.592. The number of ether oxygens (including phenoxy) is 1. The zero-order chi connectivity index (χ0) is 14.2. The second-order valence-corrected chi connectivity index (χ2v) is 6.76. The molecular weight excluding hydrogens is 254 g/mol. The molecule has 5 nitrogen and oxygen atoms in total. The van der Waals surface area contributed by atoms with E-state index in [0.29, 0.717) is 18.5 Å². The second kappa shape index (κ2) is 5.53. The first-order valence-corrected chi connectivity index (χ1v) is 7.91. The second-order valence-electron chi connectivity index (χ2n) is 6.76. The summed E-state index contributed by atoms with van der Waals surface area (Å²) in [6.07, 6.45) is 6.36. The van der Waals surface area contributed by atoms with Gasteiger partial charge in [-0.2, -0.15) is 0 Å². The van der Waals surface area contributed by atoms with E-state index in [1.165, 1.54) is 12.8 Å². The first-order valence-electron chi connectivity index (χ1n) is 7.91. The minimum absolute atomic E-state index is 0.0928. The number of hydrogen-bond acceptors (Lipinski definition) is 3. The highest BCUT2D eigenvalue weighted by atomic mass is 16.5. The van der Waals surface area contributed by atoms with Crippen molar-refractivity contribution in [2.75, 3.05) is 26.8 Å². The zero-order valence-electron chi connectivity index (χ0n) is 12.4. The predicted octanol–water partition coefficient (Wildman–Crippen LogP) is 0.963. The van der Waals surface area contributed by atoms with Crippen LogP contribution in [-0.4, -0.2) is 54.9 Å². The molecule has 0 amide bonds. The summed E-state index contributed by atoms with van der Waals surface area (Å²) in [7, 11) is 2.02. The van der Waals surface area contributed by atoms with Crippen molar-refractivity contribution in [1.82, 2.24) is 4.90 Å². The van der Waals surface area contributed by atoms with Crippen molar-refractivity contribution in [2.24, 2.45) is 22.1 Å². The number of aliphatic imine (C=N–C) groups is 1.